The average molecular weight is 279 g/mol. The molecule has 0 saturated heterocycles. The molecule has 3 aromatic rings. The van der Waals surface area contributed by atoms with Crippen molar-refractivity contribution in [3.63, 3.8) is 0 Å². The summed E-state index contributed by atoms with van der Waals surface area (Å²) in [5.74, 6) is 0. The van der Waals surface area contributed by atoms with Crippen LogP contribution < -0.4 is 0 Å². The van der Waals surface area contributed by atoms with E-state index in [0.717, 1.165) is 22.2 Å². The lowest BCUT2D eigenvalue weighted by molar-refractivity contribution is -0.384. The van der Waals surface area contributed by atoms with E-state index in [0.29, 0.717) is 5.69 Å². The Hall–Kier alpha value is -2.82. The molecule has 0 bridgehead atoms. The van der Waals surface area contributed by atoms with Gasteiger partial charge in [-0.25, -0.2) is 4.98 Å². The van der Waals surface area contributed by atoms with Crippen LogP contribution in [0, 0.1) is 24.0 Å². The quantitative estimate of drug-likeness (QED) is 0.528. The normalized spacial score (nSPS) is 10.8. The molecule has 0 unspecified atom stereocenters. The molecule has 0 amide bonds. The van der Waals surface area contributed by atoms with Gasteiger partial charge in [0.15, 0.2) is 0 Å². The smallest absolute Gasteiger partial charge is 0.258 e. The van der Waals surface area contributed by atoms with Crippen LogP contribution in [0.1, 0.15) is 11.1 Å². The Kier molecular flexibility index (Phi) is 3.10. The molecule has 5 heteroatoms. The highest BCUT2D eigenvalue weighted by Crippen LogP contribution is 2.23. The van der Waals surface area contributed by atoms with Gasteiger partial charge in [0, 0.05) is 17.7 Å². The molecule has 0 aliphatic carbocycles. The third kappa shape index (κ3) is 2.45. The van der Waals surface area contributed by atoms with E-state index in [4.69, 9.17) is 0 Å². The van der Waals surface area contributed by atoms with Gasteiger partial charge < -0.3 is 0 Å². The number of fused-ring (bicyclic) bond motifs is 1. The maximum absolute atomic E-state index is 10.7. The predicted octanol–water partition coefficient (Wildman–Crippen LogP) is 3.82. The summed E-state index contributed by atoms with van der Waals surface area (Å²) in [5.41, 5.74) is 5.61. The minimum absolute atomic E-state index is 0.0685. The van der Waals surface area contributed by atoms with Crippen molar-refractivity contribution in [3.05, 3.63) is 63.8 Å². The minimum Gasteiger partial charge on any atom is -0.258 e. The van der Waals surface area contributed by atoms with Crippen LogP contribution in [0.2, 0.25) is 0 Å². The van der Waals surface area contributed by atoms with Gasteiger partial charge in [-0.2, -0.15) is 0 Å². The Morgan fingerprint density at radius 3 is 2.24 bits per heavy atom. The molecule has 1 aromatic heterocycles. The van der Waals surface area contributed by atoms with Crippen LogP contribution >= 0.6 is 0 Å². The summed E-state index contributed by atoms with van der Waals surface area (Å²) in [5, 5.41) is 10.7. The van der Waals surface area contributed by atoms with Gasteiger partial charge in [0.25, 0.3) is 5.69 Å². The molecule has 0 atom stereocenters. The van der Waals surface area contributed by atoms with Gasteiger partial charge in [0.05, 0.1) is 27.8 Å². The Morgan fingerprint density at radius 1 is 1.00 bits per heavy atom. The van der Waals surface area contributed by atoms with Crippen molar-refractivity contribution >= 4 is 16.7 Å². The Morgan fingerprint density at radius 2 is 1.62 bits per heavy atom. The molecule has 0 aliphatic heterocycles. The van der Waals surface area contributed by atoms with Crippen molar-refractivity contribution in [2.75, 3.05) is 0 Å². The lowest BCUT2D eigenvalue weighted by Gasteiger charge is -2.05. The van der Waals surface area contributed by atoms with Crippen molar-refractivity contribution in [1.82, 2.24) is 9.97 Å². The number of nitro groups is 1. The summed E-state index contributed by atoms with van der Waals surface area (Å²) < 4.78 is 0. The summed E-state index contributed by atoms with van der Waals surface area (Å²) in [6, 6.07) is 10.3. The highest BCUT2D eigenvalue weighted by molar-refractivity contribution is 5.78. The first-order valence-electron chi connectivity index (χ1n) is 6.53. The van der Waals surface area contributed by atoms with Crippen LogP contribution in [0.3, 0.4) is 0 Å². The predicted molar refractivity (Wildman–Crippen MR) is 81.1 cm³/mol. The molecule has 0 fully saturated rings. The standard InChI is InChI=1S/C16H13N3O2/c1-10-7-14-15(8-11(10)2)18-16(9-17-14)12-3-5-13(6-4-12)19(20)21/h3-9H,1-2H3. The number of hydrogen-bond donors (Lipinski definition) is 0. The number of benzene rings is 2. The van der Waals surface area contributed by atoms with Crippen molar-refractivity contribution in [1.29, 1.82) is 0 Å². The summed E-state index contributed by atoms with van der Waals surface area (Å²) in [6.07, 6.45) is 1.69. The Labute approximate surface area is 121 Å². The second kappa shape index (κ2) is 4.94. The molecule has 1 heterocycles. The van der Waals surface area contributed by atoms with Crippen LogP contribution in [0.25, 0.3) is 22.3 Å². The average Bonchev–Trinajstić information content (AvgIpc) is 2.48. The van der Waals surface area contributed by atoms with E-state index < -0.39 is 4.92 Å². The zero-order valence-electron chi connectivity index (χ0n) is 11.7. The number of non-ortho nitro benzene ring substituents is 1. The van der Waals surface area contributed by atoms with Gasteiger partial charge in [0.2, 0.25) is 0 Å². The second-order valence-electron chi connectivity index (χ2n) is 4.98. The van der Waals surface area contributed by atoms with Gasteiger partial charge >= 0.3 is 0 Å². The van der Waals surface area contributed by atoms with Crippen LogP contribution in [0.4, 0.5) is 5.69 Å². The van der Waals surface area contributed by atoms with E-state index >= 15 is 0 Å². The number of aromatic nitrogens is 2. The number of rotatable bonds is 2. The largest absolute Gasteiger partial charge is 0.269 e. The Balaban J connectivity index is 2.08. The monoisotopic (exact) mass is 279 g/mol. The third-order valence-electron chi connectivity index (χ3n) is 3.53. The molecule has 0 saturated carbocycles. The SMILES string of the molecule is Cc1cc2ncc(-c3ccc([N+](=O)[O-])cc3)nc2cc1C. The van der Waals surface area contributed by atoms with Crippen LogP contribution in [-0.4, -0.2) is 14.9 Å². The summed E-state index contributed by atoms with van der Waals surface area (Å²) in [6.45, 7) is 4.08. The van der Waals surface area contributed by atoms with Crippen LogP contribution in [0.5, 0.6) is 0 Å². The maximum Gasteiger partial charge on any atom is 0.269 e. The fourth-order valence-electron chi connectivity index (χ4n) is 2.16. The molecule has 0 N–H and O–H groups in total. The zero-order valence-corrected chi connectivity index (χ0v) is 11.7. The maximum atomic E-state index is 10.7. The second-order valence-corrected chi connectivity index (χ2v) is 4.98. The first kappa shape index (κ1) is 13.2. The molecule has 3 rings (SSSR count). The molecular formula is C16H13N3O2. The molecule has 0 spiro atoms. The fourth-order valence-corrected chi connectivity index (χ4v) is 2.16. The van der Waals surface area contributed by atoms with E-state index in [-0.39, 0.29) is 5.69 Å². The van der Waals surface area contributed by atoms with Crippen molar-refractivity contribution in [3.8, 4) is 11.3 Å². The highest BCUT2D eigenvalue weighted by Gasteiger charge is 2.08. The van der Waals surface area contributed by atoms with Crippen molar-refractivity contribution in [2.24, 2.45) is 0 Å². The Bertz CT molecular complexity index is 842. The molecule has 21 heavy (non-hydrogen) atoms. The molecule has 2 aromatic carbocycles. The first-order valence-corrected chi connectivity index (χ1v) is 6.53. The summed E-state index contributed by atoms with van der Waals surface area (Å²) in [4.78, 5) is 19.3. The van der Waals surface area contributed by atoms with Crippen molar-refractivity contribution < 1.29 is 4.92 Å². The van der Waals surface area contributed by atoms with E-state index in [1.165, 1.54) is 17.7 Å². The van der Waals surface area contributed by atoms with E-state index in [1.807, 2.05) is 26.0 Å². The van der Waals surface area contributed by atoms with E-state index in [9.17, 15) is 10.1 Å². The van der Waals surface area contributed by atoms with Gasteiger partial charge in [-0.3, -0.25) is 15.1 Å². The lowest BCUT2D eigenvalue weighted by atomic mass is 10.1. The van der Waals surface area contributed by atoms with Gasteiger partial charge in [-0.1, -0.05) is 0 Å². The van der Waals surface area contributed by atoms with Gasteiger partial charge in [0.1, 0.15) is 0 Å². The zero-order chi connectivity index (χ0) is 15.0. The lowest BCUT2D eigenvalue weighted by Crippen LogP contribution is -1.92. The van der Waals surface area contributed by atoms with Gasteiger partial charge in [-0.15, -0.1) is 0 Å². The van der Waals surface area contributed by atoms with E-state index in [1.54, 1.807) is 18.3 Å². The molecule has 0 aliphatic rings. The molecule has 104 valence electrons. The summed E-state index contributed by atoms with van der Waals surface area (Å²) in [7, 11) is 0. The minimum atomic E-state index is -0.415. The molecule has 0 radical (unpaired) electrons. The number of nitrogens with zero attached hydrogens (tertiary/aromatic N) is 3. The fraction of sp³-hybridized carbons (Fsp3) is 0.125. The number of hydrogen-bond acceptors (Lipinski definition) is 4. The van der Waals surface area contributed by atoms with Crippen LogP contribution in [-0.2, 0) is 0 Å². The summed E-state index contributed by atoms with van der Waals surface area (Å²) >= 11 is 0. The molecular weight excluding hydrogens is 266 g/mol. The van der Waals surface area contributed by atoms with Crippen LogP contribution in [0.15, 0.2) is 42.6 Å². The number of nitro benzene ring substituents is 1. The topological polar surface area (TPSA) is 68.9 Å². The third-order valence-corrected chi connectivity index (χ3v) is 3.53. The highest BCUT2D eigenvalue weighted by atomic mass is 16.6. The first-order chi connectivity index (χ1) is 10.0. The number of aryl methyl sites for hydroxylation is 2. The molecule has 5 nitrogen and oxygen atoms in total. The van der Waals surface area contributed by atoms with E-state index in [2.05, 4.69) is 9.97 Å². The van der Waals surface area contributed by atoms with Crippen molar-refractivity contribution in [2.45, 2.75) is 13.8 Å². The van der Waals surface area contributed by atoms with Gasteiger partial charge in [-0.05, 0) is 49.2 Å².